The largest absolute Gasteiger partial charge is 0.273 e. The summed E-state index contributed by atoms with van der Waals surface area (Å²) >= 11 is 9.69. The monoisotopic (exact) mass is 348 g/mol. The number of fused-ring (bicyclic) bond motifs is 1. The molecular formula is C15H10BrClN2O. The van der Waals surface area contributed by atoms with Gasteiger partial charge in [-0.15, -0.1) is 0 Å². The molecule has 1 aromatic heterocycles. The highest BCUT2D eigenvalue weighted by molar-refractivity contribution is 9.10. The highest BCUT2D eigenvalue weighted by atomic mass is 79.9. The Bertz CT molecular complexity index is 826. The third-order valence-electron chi connectivity index (χ3n) is 3.07. The zero-order valence-corrected chi connectivity index (χ0v) is 12.9. The molecule has 0 saturated carbocycles. The highest BCUT2D eigenvalue weighted by Crippen LogP contribution is 2.33. The van der Waals surface area contributed by atoms with E-state index in [-0.39, 0.29) is 5.91 Å². The Morgan fingerprint density at radius 1 is 1.25 bits per heavy atom. The summed E-state index contributed by atoms with van der Waals surface area (Å²) in [4.78, 5) is 11.7. The molecule has 5 heteroatoms. The Hall–Kier alpha value is -1.65. The van der Waals surface area contributed by atoms with Gasteiger partial charge in [0.1, 0.15) is 5.69 Å². The van der Waals surface area contributed by atoms with E-state index in [1.165, 1.54) is 11.6 Å². The van der Waals surface area contributed by atoms with Gasteiger partial charge in [-0.1, -0.05) is 45.7 Å². The molecule has 0 unspecified atom stereocenters. The molecule has 0 spiro atoms. The SMILES string of the molecule is CC(=O)n1nc(-c2ccccc2Cl)c2cc(Br)ccc21. The summed E-state index contributed by atoms with van der Waals surface area (Å²) in [6.07, 6.45) is 0. The Labute approximate surface area is 129 Å². The maximum Gasteiger partial charge on any atom is 0.244 e. The second kappa shape index (κ2) is 5.04. The molecule has 3 aromatic rings. The van der Waals surface area contributed by atoms with E-state index >= 15 is 0 Å². The molecule has 2 aromatic carbocycles. The normalized spacial score (nSPS) is 10.9. The molecule has 100 valence electrons. The van der Waals surface area contributed by atoms with Crippen LogP contribution in [0.2, 0.25) is 5.02 Å². The van der Waals surface area contributed by atoms with Gasteiger partial charge in [0.15, 0.2) is 0 Å². The molecule has 3 rings (SSSR count). The third-order valence-corrected chi connectivity index (χ3v) is 3.89. The first-order valence-electron chi connectivity index (χ1n) is 6.02. The second-order valence-corrected chi connectivity index (χ2v) is 5.74. The summed E-state index contributed by atoms with van der Waals surface area (Å²) in [5.74, 6) is -0.129. The maximum absolute atomic E-state index is 11.7. The van der Waals surface area contributed by atoms with Gasteiger partial charge in [0.2, 0.25) is 5.91 Å². The molecule has 0 bridgehead atoms. The predicted molar refractivity (Wildman–Crippen MR) is 84.2 cm³/mol. The molecule has 0 fully saturated rings. The lowest BCUT2D eigenvalue weighted by Gasteiger charge is -2.00. The van der Waals surface area contributed by atoms with Crippen LogP contribution in [-0.4, -0.2) is 15.7 Å². The van der Waals surface area contributed by atoms with Gasteiger partial charge in [-0.2, -0.15) is 9.78 Å². The van der Waals surface area contributed by atoms with Crippen LogP contribution < -0.4 is 0 Å². The molecule has 0 aliphatic heterocycles. The van der Waals surface area contributed by atoms with Crippen molar-refractivity contribution in [3.8, 4) is 11.3 Å². The molecule has 0 N–H and O–H groups in total. The van der Waals surface area contributed by atoms with E-state index in [9.17, 15) is 4.79 Å². The minimum absolute atomic E-state index is 0.129. The van der Waals surface area contributed by atoms with Crippen molar-refractivity contribution in [2.24, 2.45) is 0 Å². The average Bonchev–Trinajstić information content (AvgIpc) is 2.78. The van der Waals surface area contributed by atoms with E-state index in [4.69, 9.17) is 11.6 Å². The molecule has 3 nitrogen and oxygen atoms in total. The Morgan fingerprint density at radius 2 is 2.00 bits per heavy atom. The summed E-state index contributed by atoms with van der Waals surface area (Å²) in [6.45, 7) is 1.49. The zero-order chi connectivity index (χ0) is 14.3. The third kappa shape index (κ3) is 2.15. The fraction of sp³-hybridized carbons (Fsp3) is 0.0667. The average molecular weight is 350 g/mol. The predicted octanol–water partition coefficient (Wildman–Crippen LogP) is 4.78. The molecule has 0 aliphatic carbocycles. The Morgan fingerprint density at radius 3 is 2.70 bits per heavy atom. The van der Waals surface area contributed by atoms with Gasteiger partial charge in [-0.3, -0.25) is 4.79 Å². The van der Waals surface area contributed by atoms with Crippen LogP contribution in [-0.2, 0) is 0 Å². The van der Waals surface area contributed by atoms with Gasteiger partial charge >= 0.3 is 0 Å². The summed E-state index contributed by atoms with van der Waals surface area (Å²) in [6, 6.07) is 13.2. The molecule has 0 aliphatic rings. The summed E-state index contributed by atoms with van der Waals surface area (Å²) < 4.78 is 2.34. The number of halogens is 2. The first-order chi connectivity index (χ1) is 9.58. The van der Waals surface area contributed by atoms with Gasteiger partial charge in [-0.25, -0.2) is 0 Å². The standard InChI is InChI=1S/C15H10BrClN2O/c1-9(20)19-14-7-6-10(16)8-12(14)15(18-19)11-4-2-3-5-13(11)17/h2-8H,1H3. The van der Waals surface area contributed by atoms with Crippen LogP contribution in [0.3, 0.4) is 0 Å². The summed E-state index contributed by atoms with van der Waals surface area (Å²) in [5.41, 5.74) is 2.30. The molecule has 0 amide bonds. The minimum atomic E-state index is -0.129. The topological polar surface area (TPSA) is 34.9 Å². The van der Waals surface area contributed by atoms with Gasteiger partial charge in [0.05, 0.1) is 10.5 Å². The quantitative estimate of drug-likeness (QED) is 0.634. The summed E-state index contributed by atoms with van der Waals surface area (Å²) in [5, 5.41) is 5.93. The number of nitrogens with zero attached hydrogens (tertiary/aromatic N) is 2. The lowest BCUT2D eigenvalue weighted by molar-refractivity contribution is 0.0927. The van der Waals surface area contributed by atoms with Crippen molar-refractivity contribution in [3.63, 3.8) is 0 Å². The molecular weight excluding hydrogens is 340 g/mol. The van der Waals surface area contributed by atoms with Crippen molar-refractivity contribution in [2.45, 2.75) is 6.92 Å². The fourth-order valence-corrected chi connectivity index (χ4v) is 2.77. The van der Waals surface area contributed by atoms with Crippen molar-refractivity contribution in [1.82, 2.24) is 9.78 Å². The minimum Gasteiger partial charge on any atom is -0.273 e. The van der Waals surface area contributed by atoms with Crippen LogP contribution >= 0.6 is 27.5 Å². The lowest BCUT2D eigenvalue weighted by atomic mass is 10.1. The van der Waals surface area contributed by atoms with Crippen LogP contribution in [0.1, 0.15) is 11.7 Å². The van der Waals surface area contributed by atoms with Crippen LogP contribution in [0.15, 0.2) is 46.9 Å². The van der Waals surface area contributed by atoms with E-state index in [0.717, 1.165) is 20.9 Å². The second-order valence-electron chi connectivity index (χ2n) is 4.42. The van der Waals surface area contributed by atoms with Crippen LogP contribution in [0, 0.1) is 0 Å². The fourth-order valence-electron chi connectivity index (χ4n) is 2.18. The van der Waals surface area contributed by atoms with E-state index in [1.807, 2.05) is 42.5 Å². The smallest absolute Gasteiger partial charge is 0.244 e. The van der Waals surface area contributed by atoms with Crippen molar-refractivity contribution in [2.75, 3.05) is 0 Å². The first kappa shape index (κ1) is 13.3. The molecule has 0 radical (unpaired) electrons. The molecule has 0 atom stereocenters. The van der Waals surface area contributed by atoms with E-state index in [2.05, 4.69) is 21.0 Å². The van der Waals surface area contributed by atoms with E-state index in [1.54, 1.807) is 0 Å². The first-order valence-corrected chi connectivity index (χ1v) is 7.19. The number of hydrogen-bond acceptors (Lipinski definition) is 2. The van der Waals surface area contributed by atoms with Gasteiger partial charge in [0.25, 0.3) is 0 Å². The van der Waals surface area contributed by atoms with E-state index in [0.29, 0.717) is 10.7 Å². The number of carbonyl (C=O) groups is 1. The van der Waals surface area contributed by atoms with Crippen molar-refractivity contribution >= 4 is 44.3 Å². The highest BCUT2D eigenvalue weighted by Gasteiger charge is 2.16. The van der Waals surface area contributed by atoms with E-state index < -0.39 is 0 Å². The number of benzene rings is 2. The van der Waals surface area contributed by atoms with Crippen LogP contribution in [0.25, 0.3) is 22.2 Å². The number of carbonyl (C=O) groups excluding carboxylic acids is 1. The number of aromatic nitrogens is 2. The zero-order valence-electron chi connectivity index (χ0n) is 10.6. The Balaban J connectivity index is 2.39. The van der Waals surface area contributed by atoms with Crippen molar-refractivity contribution < 1.29 is 4.79 Å². The molecule has 0 saturated heterocycles. The Kier molecular flexibility index (Phi) is 3.36. The van der Waals surface area contributed by atoms with Crippen LogP contribution in [0.5, 0.6) is 0 Å². The number of rotatable bonds is 1. The molecule has 20 heavy (non-hydrogen) atoms. The molecule has 1 heterocycles. The lowest BCUT2D eigenvalue weighted by Crippen LogP contribution is -2.06. The number of hydrogen-bond donors (Lipinski definition) is 0. The maximum atomic E-state index is 11.7. The van der Waals surface area contributed by atoms with Crippen molar-refractivity contribution in [1.29, 1.82) is 0 Å². The van der Waals surface area contributed by atoms with Crippen molar-refractivity contribution in [3.05, 3.63) is 52.0 Å². The van der Waals surface area contributed by atoms with Crippen LogP contribution in [0.4, 0.5) is 0 Å². The van der Waals surface area contributed by atoms with Gasteiger partial charge < -0.3 is 0 Å². The summed E-state index contributed by atoms with van der Waals surface area (Å²) in [7, 11) is 0. The van der Waals surface area contributed by atoms with Gasteiger partial charge in [0, 0.05) is 22.3 Å². The van der Waals surface area contributed by atoms with Gasteiger partial charge in [-0.05, 0) is 24.3 Å².